The lowest BCUT2D eigenvalue weighted by Crippen LogP contribution is -2.31. The number of carbonyl (C=O) groups is 1. The second-order valence-corrected chi connectivity index (χ2v) is 5.47. The normalized spacial score (nSPS) is 10.6. The van der Waals surface area contributed by atoms with E-state index in [1.807, 2.05) is 4.72 Å². The number of aliphatic hydroxyl groups is 1. The summed E-state index contributed by atoms with van der Waals surface area (Å²) < 4.78 is 43.9. The Labute approximate surface area is 122 Å². The summed E-state index contributed by atoms with van der Waals surface area (Å²) in [6.45, 7) is 0.686. The average Bonchev–Trinajstić information content (AvgIpc) is 2.43. The molecule has 0 saturated heterocycles. The Kier molecular flexibility index (Phi) is 6.30. The first kappa shape index (κ1) is 17.1. The van der Waals surface area contributed by atoms with Crippen molar-refractivity contribution in [2.45, 2.75) is 11.8 Å². The Morgan fingerprint density at radius 1 is 1.48 bits per heavy atom. The zero-order chi connectivity index (χ0) is 15.9. The van der Waals surface area contributed by atoms with E-state index in [2.05, 4.69) is 16.6 Å². The number of hydrogen-bond donors (Lipinski definition) is 2. The van der Waals surface area contributed by atoms with Crippen LogP contribution in [0.1, 0.15) is 12.5 Å². The third-order valence-corrected chi connectivity index (χ3v) is 3.70. The van der Waals surface area contributed by atoms with Crippen LogP contribution >= 0.6 is 0 Å². The highest BCUT2D eigenvalue weighted by Crippen LogP contribution is 2.16. The van der Waals surface area contributed by atoms with E-state index in [1.165, 1.54) is 0 Å². The zero-order valence-corrected chi connectivity index (χ0v) is 12.0. The number of aliphatic hydroxyl groups excluding tert-OH is 1. The lowest BCUT2D eigenvalue weighted by molar-refractivity contribution is -0.141. The van der Waals surface area contributed by atoms with E-state index in [0.717, 1.165) is 18.2 Å². The van der Waals surface area contributed by atoms with Crippen molar-refractivity contribution in [3.8, 4) is 11.8 Å². The molecule has 0 saturated carbocycles. The van der Waals surface area contributed by atoms with Gasteiger partial charge in [0, 0.05) is 5.56 Å². The number of rotatable bonds is 5. The van der Waals surface area contributed by atoms with E-state index >= 15 is 0 Å². The zero-order valence-electron chi connectivity index (χ0n) is 11.2. The Morgan fingerprint density at radius 2 is 2.19 bits per heavy atom. The highest BCUT2D eigenvalue weighted by atomic mass is 32.2. The Morgan fingerprint density at radius 3 is 2.81 bits per heavy atom. The monoisotopic (exact) mass is 315 g/mol. The van der Waals surface area contributed by atoms with Crippen LogP contribution in [0.3, 0.4) is 0 Å². The molecule has 8 heteroatoms. The maximum Gasteiger partial charge on any atom is 0.321 e. The van der Waals surface area contributed by atoms with E-state index in [1.54, 1.807) is 6.92 Å². The molecule has 114 valence electrons. The third kappa shape index (κ3) is 5.15. The van der Waals surface area contributed by atoms with Gasteiger partial charge in [0.05, 0.1) is 11.5 Å². The molecule has 6 nitrogen and oxygen atoms in total. The molecule has 0 unspecified atom stereocenters. The lowest BCUT2D eigenvalue weighted by atomic mass is 10.2. The standard InChI is InChI=1S/C13H14FNO5S/c1-2-20-13(17)9-15-21(18,19)12-6-5-11(14)8-10(12)4-3-7-16/h5-6,8,15-16H,2,7,9H2,1H3. The molecule has 0 heterocycles. The summed E-state index contributed by atoms with van der Waals surface area (Å²) in [5.74, 6) is 3.20. The molecule has 0 amide bonds. The van der Waals surface area contributed by atoms with Crippen molar-refractivity contribution in [1.82, 2.24) is 4.72 Å². The van der Waals surface area contributed by atoms with Crippen molar-refractivity contribution in [1.29, 1.82) is 0 Å². The minimum Gasteiger partial charge on any atom is -0.465 e. The maximum atomic E-state index is 13.2. The molecule has 0 fully saturated rings. The van der Waals surface area contributed by atoms with E-state index in [-0.39, 0.29) is 17.1 Å². The van der Waals surface area contributed by atoms with Gasteiger partial charge in [-0.2, -0.15) is 4.72 Å². The molecule has 0 aliphatic rings. The van der Waals surface area contributed by atoms with E-state index in [9.17, 15) is 17.6 Å². The van der Waals surface area contributed by atoms with Gasteiger partial charge in [0.2, 0.25) is 10.0 Å². The van der Waals surface area contributed by atoms with Crippen LogP contribution < -0.4 is 4.72 Å². The molecule has 0 atom stereocenters. The van der Waals surface area contributed by atoms with Gasteiger partial charge in [-0.25, -0.2) is 12.8 Å². The molecule has 21 heavy (non-hydrogen) atoms. The van der Waals surface area contributed by atoms with Gasteiger partial charge in [0.1, 0.15) is 19.0 Å². The number of ether oxygens (including phenoxy) is 1. The number of carbonyl (C=O) groups excluding carboxylic acids is 1. The van der Waals surface area contributed by atoms with Crippen LogP contribution in [-0.2, 0) is 19.6 Å². The Balaban J connectivity index is 3.05. The van der Waals surface area contributed by atoms with E-state index < -0.39 is 35.0 Å². The summed E-state index contributed by atoms with van der Waals surface area (Å²) >= 11 is 0. The van der Waals surface area contributed by atoms with E-state index in [4.69, 9.17) is 5.11 Å². The third-order valence-electron chi connectivity index (χ3n) is 2.25. The van der Waals surface area contributed by atoms with E-state index in [0.29, 0.717) is 0 Å². The highest BCUT2D eigenvalue weighted by molar-refractivity contribution is 7.89. The van der Waals surface area contributed by atoms with Crippen molar-refractivity contribution in [2.75, 3.05) is 19.8 Å². The van der Waals surface area contributed by atoms with Crippen LogP contribution in [0.15, 0.2) is 23.1 Å². The molecule has 0 aromatic heterocycles. The molecule has 1 aromatic carbocycles. The molecule has 0 aliphatic carbocycles. The number of benzene rings is 1. The predicted octanol–water partition coefficient (Wildman–Crippen LogP) is 0.0109. The predicted molar refractivity (Wildman–Crippen MR) is 72.2 cm³/mol. The smallest absolute Gasteiger partial charge is 0.321 e. The lowest BCUT2D eigenvalue weighted by Gasteiger charge is -2.08. The fourth-order valence-corrected chi connectivity index (χ4v) is 2.52. The summed E-state index contributed by atoms with van der Waals surface area (Å²) in [7, 11) is -4.05. The van der Waals surface area contributed by atoms with Crippen LogP contribution in [0.5, 0.6) is 0 Å². The van der Waals surface area contributed by atoms with Crippen LogP contribution in [-0.4, -0.2) is 39.3 Å². The highest BCUT2D eigenvalue weighted by Gasteiger charge is 2.19. The first-order valence-corrected chi connectivity index (χ1v) is 7.43. The fourth-order valence-electron chi connectivity index (χ4n) is 1.41. The molecular formula is C13H14FNO5S. The van der Waals surface area contributed by atoms with Crippen LogP contribution in [0.25, 0.3) is 0 Å². The first-order chi connectivity index (χ1) is 9.90. The van der Waals surface area contributed by atoms with Gasteiger partial charge >= 0.3 is 5.97 Å². The molecular weight excluding hydrogens is 301 g/mol. The molecule has 2 N–H and O–H groups in total. The molecule has 0 radical (unpaired) electrons. The summed E-state index contributed by atoms with van der Waals surface area (Å²) in [6, 6.07) is 2.93. The van der Waals surface area contributed by atoms with Crippen molar-refractivity contribution in [2.24, 2.45) is 0 Å². The SMILES string of the molecule is CCOC(=O)CNS(=O)(=O)c1ccc(F)cc1C#CCO. The summed E-state index contributed by atoms with van der Waals surface area (Å²) in [5.41, 5.74) is -0.111. The van der Waals surface area contributed by atoms with Crippen molar-refractivity contribution >= 4 is 16.0 Å². The topological polar surface area (TPSA) is 92.7 Å². The Bertz CT molecular complexity index is 676. The van der Waals surface area contributed by atoms with Crippen LogP contribution in [0.4, 0.5) is 4.39 Å². The van der Waals surface area contributed by atoms with Crippen LogP contribution in [0, 0.1) is 17.7 Å². The second-order valence-electron chi connectivity index (χ2n) is 3.73. The largest absolute Gasteiger partial charge is 0.465 e. The summed E-state index contributed by atoms with van der Waals surface area (Å²) in [4.78, 5) is 10.9. The summed E-state index contributed by atoms with van der Waals surface area (Å²) in [5, 5.41) is 8.63. The van der Waals surface area contributed by atoms with Crippen LogP contribution in [0.2, 0.25) is 0 Å². The quantitative estimate of drug-likeness (QED) is 0.590. The molecule has 0 bridgehead atoms. The first-order valence-electron chi connectivity index (χ1n) is 5.95. The molecule has 0 spiro atoms. The fraction of sp³-hybridized carbons (Fsp3) is 0.308. The molecule has 1 aromatic rings. The van der Waals surface area contributed by atoms with Gasteiger partial charge in [0.25, 0.3) is 0 Å². The second kappa shape index (κ2) is 7.73. The van der Waals surface area contributed by atoms with Gasteiger partial charge in [-0.05, 0) is 25.1 Å². The summed E-state index contributed by atoms with van der Waals surface area (Å²) in [6.07, 6.45) is 0. The average molecular weight is 315 g/mol. The minimum absolute atomic E-state index is 0.111. The van der Waals surface area contributed by atoms with Crippen molar-refractivity contribution < 1.29 is 27.4 Å². The van der Waals surface area contributed by atoms with Crippen molar-refractivity contribution in [3.05, 3.63) is 29.6 Å². The number of halogens is 1. The van der Waals surface area contributed by atoms with Gasteiger partial charge < -0.3 is 9.84 Å². The van der Waals surface area contributed by atoms with Gasteiger partial charge in [0.15, 0.2) is 0 Å². The Hall–Kier alpha value is -1.95. The van der Waals surface area contributed by atoms with Crippen molar-refractivity contribution in [3.63, 3.8) is 0 Å². The number of hydrogen-bond acceptors (Lipinski definition) is 5. The number of nitrogens with one attached hydrogen (secondary N) is 1. The number of sulfonamides is 1. The maximum absolute atomic E-state index is 13.2. The molecule has 1 rings (SSSR count). The minimum atomic E-state index is -4.05. The molecule has 0 aliphatic heterocycles. The van der Waals surface area contributed by atoms with Gasteiger partial charge in [-0.3, -0.25) is 4.79 Å². The van der Waals surface area contributed by atoms with Gasteiger partial charge in [-0.15, -0.1) is 0 Å². The van der Waals surface area contributed by atoms with Gasteiger partial charge in [-0.1, -0.05) is 11.8 Å². The number of esters is 1.